The molecule has 1 rings (SSSR count). The molecule has 1 aromatic heterocycles. The molecular formula is C13H18N2O3. The molecule has 0 aliphatic carbocycles. The highest BCUT2D eigenvalue weighted by Crippen LogP contribution is 2.12. The average molecular weight is 250 g/mol. The first-order valence-electron chi connectivity index (χ1n) is 5.86. The first-order valence-corrected chi connectivity index (χ1v) is 5.86. The van der Waals surface area contributed by atoms with E-state index in [0.717, 1.165) is 5.57 Å². The van der Waals surface area contributed by atoms with Crippen molar-refractivity contribution in [2.75, 3.05) is 0 Å². The van der Waals surface area contributed by atoms with Crippen LogP contribution >= 0.6 is 0 Å². The minimum absolute atomic E-state index is 0.0830. The number of aromatic nitrogens is 2. The highest BCUT2D eigenvalue weighted by molar-refractivity contribution is 5.79. The van der Waals surface area contributed by atoms with Gasteiger partial charge in [0.2, 0.25) is 0 Å². The fraction of sp³-hybridized carbons (Fsp3) is 0.462. The molecule has 1 heterocycles. The Bertz CT molecular complexity index is 392. The third-order valence-corrected chi connectivity index (χ3v) is 2.57. The van der Waals surface area contributed by atoms with E-state index in [1.807, 2.05) is 0 Å². The molecule has 0 bridgehead atoms. The lowest BCUT2D eigenvalue weighted by molar-refractivity contribution is -0.269. The van der Waals surface area contributed by atoms with Gasteiger partial charge in [-0.25, -0.2) is 14.9 Å². The van der Waals surface area contributed by atoms with Gasteiger partial charge in [0.05, 0.1) is 6.42 Å². The molecule has 5 heteroatoms. The summed E-state index contributed by atoms with van der Waals surface area (Å²) in [5.41, 5.74) is 0.747. The van der Waals surface area contributed by atoms with Gasteiger partial charge in [0.15, 0.2) is 0 Å². The minimum Gasteiger partial charge on any atom is -0.299 e. The Balaban J connectivity index is 2.27. The molecule has 1 atom stereocenters. The summed E-state index contributed by atoms with van der Waals surface area (Å²) in [5.74, 6) is 0.622. The number of hydrogen-bond acceptors (Lipinski definition) is 5. The average Bonchev–Trinajstić information content (AvgIpc) is 2.35. The monoisotopic (exact) mass is 250 g/mol. The van der Waals surface area contributed by atoms with Crippen LogP contribution in [0.1, 0.15) is 32.0 Å². The van der Waals surface area contributed by atoms with Crippen molar-refractivity contribution in [3.05, 3.63) is 36.4 Å². The Labute approximate surface area is 106 Å². The molecule has 5 nitrogen and oxygen atoms in total. The predicted molar refractivity (Wildman–Crippen MR) is 66.9 cm³/mol. The van der Waals surface area contributed by atoms with Crippen LogP contribution in [0, 0.1) is 0 Å². The van der Waals surface area contributed by atoms with Crippen molar-refractivity contribution in [3.8, 4) is 0 Å². The van der Waals surface area contributed by atoms with Crippen LogP contribution in [0.2, 0.25) is 0 Å². The zero-order valence-corrected chi connectivity index (χ0v) is 10.5. The summed E-state index contributed by atoms with van der Waals surface area (Å²) in [6, 6.07) is 1.71. The predicted octanol–water partition coefficient (Wildman–Crippen LogP) is 2.19. The van der Waals surface area contributed by atoms with Gasteiger partial charge in [-0.3, -0.25) is 10.1 Å². The maximum atomic E-state index is 11.6. The highest BCUT2D eigenvalue weighted by atomic mass is 17.1. The third-order valence-electron chi connectivity index (χ3n) is 2.57. The van der Waals surface area contributed by atoms with Crippen LogP contribution in [0.5, 0.6) is 0 Å². The topological polar surface area (TPSA) is 72.3 Å². The van der Waals surface area contributed by atoms with Gasteiger partial charge in [-0.15, -0.1) is 0 Å². The maximum absolute atomic E-state index is 11.6. The summed E-state index contributed by atoms with van der Waals surface area (Å²) in [4.78, 5) is 23.9. The van der Waals surface area contributed by atoms with E-state index in [0.29, 0.717) is 25.1 Å². The van der Waals surface area contributed by atoms with E-state index in [9.17, 15) is 4.79 Å². The lowest BCUT2D eigenvalue weighted by Gasteiger charge is -2.12. The number of hydrogen-bond donors (Lipinski definition) is 1. The van der Waals surface area contributed by atoms with Crippen LogP contribution in [0.25, 0.3) is 0 Å². The van der Waals surface area contributed by atoms with Gasteiger partial charge >= 0.3 is 0 Å². The molecule has 0 saturated carbocycles. The van der Waals surface area contributed by atoms with Gasteiger partial charge in [-0.1, -0.05) is 6.58 Å². The lowest BCUT2D eigenvalue weighted by atomic mass is 10.0. The molecule has 0 aliphatic heterocycles. The van der Waals surface area contributed by atoms with Crippen molar-refractivity contribution >= 4 is 5.78 Å². The van der Waals surface area contributed by atoms with Crippen molar-refractivity contribution in [3.63, 3.8) is 0 Å². The van der Waals surface area contributed by atoms with Crippen LogP contribution in [0.15, 0.2) is 30.6 Å². The molecule has 0 fully saturated rings. The molecule has 1 N–H and O–H groups in total. The largest absolute Gasteiger partial charge is 0.299 e. The molecule has 1 unspecified atom stereocenters. The van der Waals surface area contributed by atoms with E-state index in [1.54, 1.807) is 25.4 Å². The lowest BCUT2D eigenvalue weighted by Crippen LogP contribution is -2.13. The first-order chi connectivity index (χ1) is 8.63. The van der Waals surface area contributed by atoms with E-state index >= 15 is 0 Å². The molecule has 18 heavy (non-hydrogen) atoms. The van der Waals surface area contributed by atoms with Crippen LogP contribution in [-0.4, -0.2) is 27.1 Å². The Hall–Kier alpha value is -1.59. The molecule has 0 aliphatic rings. The molecule has 0 amide bonds. The summed E-state index contributed by atoms with van der Waals surface area (Å²) in [5, 5.41) is 8.63. The fourth-order valence-corrected chi connectivity index (χ4v) is 1.56. The third kappa shape index (κ3) is 5.16. The van der Waals surface area contributed by atoms with Crippen molar-refractivity contribution < 1.29 is 14.9 Å². The number of Topliss-reactive ketones (excluding diaryl/α,β-unsaturated/α-hetero) is 1. The number of carbonyl (C=O) groups excluding carboxylic acids is 1. The van der Waals surface area contributed by atoms with Crippen molar-refractivity contribution in [2.24, 2.45) is 0 Å². The molecule has 0 aromatic carbocycles. The van der Waals surface area contributed by atoms with E-state index in [2.05, 4.69) is 21.4 Å². The van der Waals surface area contributed by atoms with Gasteiger partial charge in [0.25, 0.3) is 0 Å². The Morgan fingerprint density at radius 3 is 2.72 bits per heavy atom. The van der Waals surface area contributed by atoms with Gasteiger partial charge in [-0.2, -0.15) is 0 Å². The molecule has 1 aromatic rings. The summed E-state index contributed by atoms with van der Waals surface area (Å²) in [7, 11) is 0. The van der Waals surface area contributed by atoms with Gasteiger partial charge < -0.3 is 0 Å². The van der Waals surface area contributed by atoms with E-state index < -0.39 is 6.10 Å². The summed E-state index contributed by atoms with van der Waals surface area (Å²) in [6.45, 7) is 5.48. The van der Waals surface area contributed by atoms with Crippen LogP contribution in [-0.2, 0) is 16.1 Å². The minimum atomic E-state index is -0.397. The maximum Gasteiger partial charge on any atom is 0.140 e. The van der Waals surface area contributed by atoms with E-state index in [1.165, 1.54) is 0 Å². The smallest absolute Gasteiger partial charge is 0.140 e. The zero-order valence-electron chi connectivity index (χ0n) is 10.5. The van der Waals surface area contributed by atoms with Crippen LogP contribution in [0.4, 0.5) is 0 Å². The first kappa shape index (κ1) is 14.5. The number of carbonyl (C=O) groups is 1. The number of ketones is 1. The normalized spacial score (nSPS) is 12.1. The van der Waals surface area contributed by atoms with Crippen molar-refractivity contribution in [1.29, 1.82) is 0 Å². The van der Waals surface area contributed by atoms with Crippen LogP contribution < -0.4 is 0 Å². The molecule has 0 spiro atoms. The van der Waals surface area contributed by atoms with Gasteiger partial charge in [0, 0.05) is 18.8 Å². The SMILES string of the molecule is C=C(C)C(CCCC(=O)Cc1ncccn1)OO. The molecular weight excluding hydrogens is 232 g/mol. The van der Waals surface area contributed by atoms with E-state index in [-0.39, 0.29) is 12.2 Å². The van der Waals surface area contributed by atoms with Crippen LogP contribution in [0.3, 0.4) is 0 Å². The standard InChI is InChI=1S/C13H18N2O3/c1-10(2)12(18-17)6-3-5-11(16)9-13-14-7-4-8-15-13/h4,7-8,12,17H,1,3,5-6,9H2,2H3. The Morgan fingerprint density at radius 1 is 1.50 bits per heavy atom. The van der Waals surface area contributed by atoms with Crippen molar-refractivity contribution in [2.45, 2.75) is 38.7 Å². The second-order valence-corrected chi connectivity index (χ2v) is 4.21. The highest BCUT2D eigenvalue weighted by Gasteiger charge is 2.11. The number of rotatable bonds is 8. The fourth-order valence-electron chi connectivity index (χ4n) is 1.56. The zero-order chi connectivity index (χ0) is 13.4. The summed E-state index contributed by atoms with van der Waals surface area (Å²) in [6.07, 6.45) is 4.73. The van der Waals surface area contributed by atoms with Gasteiger partial charge in [0.1, 0.15) is 17.7 Å². The molecule has 98 valence electrons. The second-order valence-electron chi connectivity index (χ2n) is 4.21. The Kier molecular flexibility index (Phi) is 6.18. The Morgan fingerprint density at radius 2 is 2.17 bits per heavy atom. The number of nitrogens with zero attached hydrogens (tertiary/aromatic N) is 2. The second kappa shape index (κ2) is 7.68. The molecule has 0 radical (unpaired) electrons. The van der Waals surface area contributed by atoms with Crippen molar-refractivity contribution in [1.82, 2.24) is 9.97 Å². The summed E-state index contributed by atoms with van der Waals surface area (Å²) < 4.78 is 0. The van der Waals surface area contributed by atoms with E-state index in [4.69, 9.17) is 5.26 Å². The summed E-state index contributed by atoms with van der Waals surface area (Å²) >= 11 is 0. The van der Waals surface area contributed by atoms with Gasteiger partial charge in [-0.05, 0) is 31.4 Å². The quantitative estimate of drug-likeness (QED) is 0.435. The molecule has 0 saturated heterocycles.